The quantitative estimate of drug-likeness (QED) is 0.314. The summed E-state index contributed by atoms with van der Waals surface area (Å²) in [5.74, 6) is 0.932. The summed E-state index contributed by atoms with van der Waals surface area (Å²) < 4.78 is 0. The molecule has 0 aromatic heterocycles. The number of hydrogen-bond acceptors (Lipinski definition) is 2. The number of nitrogens with zero attached hydrogens (tertiary/aromatic N) is 2. The standard InChI is InChI=1S/C15H32N4.HI/c1-5-13(2)18-15(16-4)17-10-8-12-19-11-7-6-9-14(19)3;/h13-14H,5-12H2,1-4H3,(H2,16,17,18);1H. The Hall–Kier alpha value is -0.0400. The lowest BCUT2D eigenvalue weighted by Gasteiger charge is -2.33. The summed E-state index contributed by atoms with van der Waals surface area (Å²) in [4.78, 5) is 6.88. The van der Waals surface area contributed by atoms with Crippen molar-refractivity contribution in [1.82, 2.24) is 15.5 Å². The molecule has 5 heteroatoms. The molecule has 20 heavy (non-hydrogen) atoms. The maximum absolute atomic E-state index is 4.26. The smallest absolute Gasteiger partial charge is 0.191 e. The van der Waals surface area contributed by atoms with Crippen molar-refractivity contribution >= 4 is 29.9 Å². The maximum Gasteiger partial charge on any atom is 0.191 e. The lowest BCUT2D eigenvalue weighted by atomic mass is 10.0. The third kappa shape index (κ3) is 7.67. The number of hydrogen-bond donors (Lipinski definition) is 2. The van der Waals surface area contributed by atoms with Crippen LogP contribution in [0.2, 0.25) is 0 Å². The predicted molar refractivity (Wildman–Crippen MR) is 99.2 cm³/mol. The molecular weight excluding hydrogens is 363 g/mol. The molecule has 2 unspecified atom stereocenters. The number of aliphatic imine (C=N–C) groups is 1. The van der Waals surface area contributed by atoms with Gasteiger partial charge in [0.15, 0.2) is 5.96 Å². The highest BCUT2D eigenvalue weighted by Gasteiger charge is 2.17. The van der Waals surface area contributed by atoms with Crippen LogP contribution in [0.3, 0.4) is 0 Å². The van der Waals surface area contributed by atoms with Gasteiger partial charge in [-0.2, -0.15) is 0 Å². The van der Waals surface area contributed by atoms with E-state index in [0.717, 1.165) is 25.0 Å². The average molecular weight is 396 g/mol. The van der Waals surface area contributed by atoms with E-state index >= 15 is 0 Å². The highest BCUT2D eigenvalue weighted by molar-refractivity contribution is 14.0. The van der Waals surface area contributed by atoms with E-state index in [1.165, 1.54) is 38.8 Å². The lowest BCUT2D eigenvalue weighted by molar-refractivity contribution is 0.159. The number of nitrogens with one attached hydrogen (secondary N) is 2. The van der Waals surface area contributed by atoms with Gasteiger partial charge in [-0.1, -0.05) is 13.3 Å². The Bertz CT molecular complexity index is 271. The molecule has 2 N–H and O–H groups in total. The van der Waals surface area contributed by atoms with Crippen LogP contribution in [-0.4, -0.2) is 49.6 Å². The second kappa shape index (κ2) is 11.6. The Balaban J connectivity index is 0.00000361. The summed E-state index contributed by atoms with van der Waals surface area (Å²) in [6.45, 7) is 10.2. The van der Waals surface area contributed by atoms with Gasteiger partial charge in [0.2, 0.25) is 0 Å². The SMILES string of the molecule is CCC(C)NC(=NC)NCCCN1CCCCC1C.I. The van der Waals surface area contributed by atoms with Crippen molar-refractivity contribution in [1.29, 1.82) is 0 Å². The Morgan fingerprint density at radius 2 is 2.15 bits per heavy atom. The maximum atomic E-state index is 4.26. The summed E-state index contributed by atoms with van der Waals surface area (Å²) in [7, 11) is 1.84. The van der Waals surface area contributed by atoms with Crippen molar-refractivity contribution in [2.24, 2.45) is 4.99 Å². The highest BCUT2D eigenvalue weighted by Crippen LogP contribution is 2.15. The number of rotatable bonds is 6. The average Bonchev–Trinajstić information content (AvgIpc) is 2.43. The summed E-state index contributed by atoms with van der Waals surface area (Å²) in [5.41, 5.74) is 0. The lowest BCUT2D eigenvalue weighted by Crippen LogP contribution is -2.43. The summed E-state index contributed by atoms with van der Waals surface area (Å²) in [6, 6.07) is 1.25. The van der Waals surface area contributed by atoms with E-state index in [1.807, 2.05) is 7.05 Å². The zero-order valence-electron chi connectivity index (χ0n) is 13.6. The van der Waals surface area contributed by atoms with Gasteiger partial charge < -0.3 is 15.5 Å². The van der Waals surface area contributed by atoms with Crippen LogP contribution in [0.25, 0.3) is 0 Å². The van der Waals surface area contributed by atoms with Crippen LogP contribution in [0.4, 0.5) is 0 Å². The fourth-order valence-corrected chi connectivity index (χ4v) is 2.51. The van der Waals surface area contributed by atoms with Crippen molar-refractivity contribution in [2.45, 2.75) is 65.0 Å². The number of guanidine groups is 1. The molecule has 2 atom stereocenters. The number of halogens is 1. The minimum atomic E-state index is 0. The van der Waals surface area contributed by atoms with Gasteiger partial charge in [0.25, 0.3) is 0 Å². The van der Waals surface area contributed by atoms with Crippen molar-refractivity contribution in [2.75, 3.05) is 26.7 Å². The van der Waals surface area contributed by atoms with Crippen LogP contribution >= 0.6 is 24.0 Å². The molecule has 0 radical (unpaired) electrons. The van der Waals surface area contributed by atoms with Gasteiger partial charge in [0, 0.05) is 32.2 Å². The Morgan fingerprint density at radius 3 is 2.75 bits per heavy atom. The first-order valence-corrected chi connectivity index (χ1v) is 7.88. The molecule has 1 saturated heterocycles. The molecule has 0 spiro atoms. The first-order valence-electron chi connectivity index (χ1n) is 7.88. The molecule has 4 nitrogen and oxygen atoms in total. The molecule has 0 amide bonds. The minimum Gasteiger partial charge on any atom is -0.356 e. The van der Waals surface area contributed by atoms with Crippen LogP contribution < -0.4 is 10.6 Å². The van der Waals surface area contributed by atoms with Gasteiger partial charge in [-0.25, -0.2) is 0 Å². The van der Waals surface area contributed by atoms with Gasteiger partial charge in [-0.3, -0.25) is 4.99 Å². The fourth-order valence-electron chi connectivity index (χ4n) is 2.51. The topological polar surface area (TPSA) is 39.7 Å². The van der Waals surface area contributed by atoms with Crippen molar-refractivity contribution in [3.05, 3.63) is 0 Å². The van der Waals surface area contributed by atoms with E-state index in [-0.39, 0.29) is 24.0 Å². The molecule has 0 bridgehead atoms. The van der Waals surface area contributed by atoms with Crippen molar-refractivity contribution in [3.63, 3.8) is 0 Å². The van der Waals surface area contributed by atoms with E-state index in [2.05, 4.69) is 41.3 Å². The van der Waals surface area contributed by atoms with E-state index in [9.17, 15) is 0 Å². The minimum absolute atomic E-state index is 0. The van der Waals surface area contributed by atoms with Crippen LogP contribution in [-0.2, 0) is 0 Å². The molecule has 0 aromatic carbocycles. The summed E-state index contributed by atoms with van der Waals surface area (Å²) in [6.07, 6.45) is 6.44. The number of piperidine rings is 1. The zero-order valence-corrected chi connectivity index (χ0v) is 15.9. The second-order valence-corrected chi connectivity index (χ2v) is 5.69. The van der Waals surface area contributed by atoms with Gasteiger partial charge in [0.05, 0.1) is 0 Å². The Kier molecular flexibility index (Phi) is 11.6. The molecule has 1 fully saturated rings. The molecule has 0 aliphatic carbocycles. The van der Waals surface area contributed by atoms with E-state index in [1.54, 1.807) is 0 Å². The van der Waals surface area contributed by atoms with Gasteiger partial charge >= 0.3 is 0 Å². The third-order valence-electron chi connectivity index (χ3n) is 4.07. The van der Waals surface area contributed by atoms with E-state index in [4.69, 9.17) is 0 Å². The molecule has 1 aliphatic rings. The molecular formula is C15H33IN4. The highest BCUT2D eigenvalue weighted by atomic mass is 127. The Morgan fingerprint density at radius 1 is 1.40 bits per heavy atom. The molecule has 0 saturated carbocycles. The summed E-state index contributed by atoms with van der Waals surface area (Å²) in [5, 5.41) is 6.79. The monoisotopic (exact) mass is 396 g/mol. The number of likely N-dealkylation sites (tertiary alicyclic amines) is 1. The molecule has 0 aromatic rings. The normalized spacial score (nSPS) is 22.0. The fraction of sp³-hybridized carbons (Fsp3) is 0.933. The molecule has 120 valence electrons. The van der Waals surface area contributed by atoms with Crippen LogP contribution in [0.15, 0.2) is 4.99 Å². The largest absolute Gasteiger partial charge is 0.356 e. The van der Waals surface area contributed by atoms with Crippen molar-refractivity contribution in [3.8, 4) is 0 Å². The first kappa shape index (κ1) is 20.0. The van der Waals surface area contributed by atoms with Crippen LogP contribution in [0, 0.1) is 0 Å². The van der Waals surface area contributed by atoms with Crippen molar-refractivity contribution < 1.29 is 0 Å². The second-order valence-electron chi connectivity index (χ2n) is 5.69. The van der Waals surface area contributed by atoms with Gasteiger partial charge in [-0.15, -0.1) is 24.0 Å². The molecule has 1 heterocycles. The molecule has 1 rings (SSSR count). The van der Waals surface area contributed by atoms with Gasteiger partial charge in [-0.05, 0) is 46.1 Å². The van der Waals surface area contributed by atoms with Crippen LogP contribution in [0.1, 0.15) is 52.9 Å². The first-order chi connectivity index (χ1) is 9.17. The molecule has 1 aliphatic heterocycles. The summed E-state index contributed by atoms with van der Waals surface area (Å²) >= 11 is 0. The van der Waals surface area contributed by atoms with Gasteiger partial charge in [0.1, 0.15) is 0 Å². The third-order valence-corrected chi connectivity index (χ3v) is 4.07. The Labute approximate surface area is 142 Å². The predicted octanol–water partition coefficient (Wildman–Crippen LogP) is 2.83. The van der Waals surface area contributed by atoms with E-state index < -0.39 is 0 Å². The van der Waals surface area contributed by atoms with Crippen LogP contribution in [0.5, 0.6) is 0 Å². The van der Waals surface area contributed by atoms with E-state index in [0.29, 0.717) is 6.04 Å². The zero-order chi connectivity index (χ0) is 14.1.